The van der Waals surface area contributed by atoms with Crippen molar-refractivity contribution in [3.63, 3.8) is 0 Å². The van der Waals surface area contributed by atoms with Crippen LogP contribution in [0.25, 0.3) is 0 Å². The highest BCUT2D eigenvalue weighted by Crippen LogP contribution is 2.28. The van der Waals surface area contributed by atoms with E-state index in [1.54, 1.807) is 31.2 Å². The van der Waals surface area contributed by atoms with Gasteiger partial charge in [-0.1, -0.05) is 23.7 Å². The predicted octanol–water partition coefficient (Wildman–Crippen LogP) is 3.80. The molecule has 2 aromatic rings. The monoisotopic (exact) mass is 289 g/mol. The fraction of sp³-hybridized carbons (Fsp3) is 0.188. The van der Waals surface area contributed by atoms with Crippen molar-refractivity contribution < 1.29 is 9.50 Å². The second kappa shape index (κ2) is 5.62. The third-order valence-electron chi connectivity index (χ3n) is 3.16. The van der Waals surface area contributed by atoms with Gasteiger partial charge in [0.15, 0.2) is 0 Å². The van der Waals surface area contributed by atoms with E-state index in [-0.39, 0.29) is 6.42 Å². The molecule has 20 heavy (non-hydrogen) atoms. The molecule has 0 radical (unpaired) electrons. The largest absolute Gasteiger partial charge is 0.385 e. The van der Waals surface area contributed by atoms with Gasteiger partial charge in [0.2, 0.25) is 0 Å². The Bertz CT molecular complexity index is 676. The molecule has 0 aliphatic rings. The number of benzene rings is 2. The minimum atomic E-state index is -1.28. The van der Waals surface area contributed by atoms with E-state index in [1.165, 1.54) is 18.2 Å². The van der Waals surface area contributed by atoms with Crippen molar-refractivity contribution in [2.24, 2.45) is 0 Å². The smallest absolute Gasteiger partial charge is 0.126 e. The average Bonchev–Trinajstić information content (AvgIpc) is 2.43. The fourth-order valence-corrected chi connectivity index (χ4v) is 2.27. The van der Waals surface area contributed by atoms with Crippen molar-refractivity contribution in [1.82, 2.24) is 0 Å². The summed E-state index contributed by atoms with van der Waals surface area (Å²) in [6.45, 7) is 1.59. The molecular weight excluding hydrogens is 277 g/mol. The van der Waals surface area contributed by atoms with Gasteiger partial charge in [0.1, 0.15) is 5.82 Å². The van der Waals surface area contributed by atoms with E-state index in [4.69, 9.17) is 16.9 Å². The van der Waals surface area contributed by atoms with E-state index in [0.717, 1.165) is 0 Å². The Labute approximate surface area is 122 Å². The van der Waals surface area contributed by atoms with E-state index in [9.17, 15) is 9.50 Å². The van der Waals surface area contributed by atoms with E-state index in [2.05, 4.69) is 0 Å². The molecule has 0 aliphatic heterocycles. The van der Waals surface area contributed by atoms with Gasteiger partial charge in [0.05, 0.1) is 17.2 Å². The highest BCUT2D eigenvalue weighted by Gasteiger charge is 2.25. The molecule has 0 aromatic heterocycles. The molecule has 2 rings (SSSR count). The first kappa shape index (κ1) is 14.5. The molecule has 0 saturated heterocycles. The lowest BCUT2D eigenvalue weighted by molar-refractivity contribution is 0.0567. The van der Waals surface area contributed by atoms with Gasteiger partial charge in [-0.2, -0.15) is 5.26 Å². The van der Waals surface area contributed by atoms with Crippen molar-refractivity contribution in [2.45, 2.75) is 18.9 Å². The van der Waals surface area contributed by atoms with E-state index in [1.807, 2.05) is 6.07 Å². The Morgan fingerprint density at radius 1 is 1.30 bits per heavy atom. The maximum Gasteiger partial charge on any atom is 0.126 e. The summed E-state index contributed by atoms with van der Waals surface area (Å²) in [5, 5.41) is 19.9. The van der Waals surface area contributed by atoms with Gasteiger partial charge >= 0.3 is 0 Å². The van der Waals surface area contributed by atoms with Crippen LogP contribution in [-0.2, 0) is 12.0 Å². The number of rotatable bonds is 3. The van der Waals surface area contributed by atoms with Gasteiger partial charge in [-0.3, -0.25) is 0 Å². The SMILES string of the molecule is CC(O)(Cc1cc(Cl)ccc1F)c1cccc(C#N)c1. The number of hydrogen-bond donors (Lipinski definition) is 1. The zero-order chi connectivity index (χ0) is 14.8. The summed E-state index contributed by atoms with van der Waals surface area (Å²) in [6, 6.07) is 12.9. The number of aliphatic hydroxyl groups is 1. The standard InChI is InChI=1S/C16H13ClFNO/c1-16(20,13-4-2-3-11(7-13)10-19)9-12-8-14(17)5-6-15(12)18/h2-8,20H,9H2,1H3. The summed E-state index contributed by atoms with van der Waals surface area (Å²) < 4.78 is 13.7. The third kappa shape index (κ3) is 3.16. The first-order chi connectivity index (χ1) is 9.42. The number of halogens is 2. The normalized spacial score (nSPS) is 13.6. The molecule has 2 aromatic carbocycles. The van der Waals surface area contributed by atoms with Gasteiger partial charge in [-0.25, -0.2) is 4.39 Å². The minimum Gasteiger partial charge on any atom is -0.385 e. The Kier molecular flexibility index (Phi) is 4.08. The molecule has 0 aliphatic carbocycles. The van der Waals surface area contributed by atoms with Crippen molar-refractivity contribution in [1.29, 1.82) is 5.26 Å². The number of nitriles is 1. The summed E-state index contributed by atoms with van der Waals surface area (Å²) in [5.41, 5.74) is 0.0772. The van der Waals surface area contributed by atoms with Crippen LogP contribution in [0, 0.1) is 17.1 Å². The zero-order valence-electron chi connectivity index (χ0n) is 10.9. The third-order valence-corrected chi connectivity index (χ3v) is 3.39. The summed E-state index contributed by atoms with van der Waals surface area (Å²) in [5.74, 6) is -0.411. The molecule has 0 fully saturated rings. The first-order valence-corrected chi connectivity index (χ1v) is 6.47. The van der Waals surface area contributed by atoms with Crippen LogP contribution in [0.2, 0.25) is 5.02 Å². The van der Waals surface area contributed by atoms with Gasteiger partial charge in [0, 0.05) is 11.4 Å². The van der Waals surface area contributed by atoms with Crippen LogP contribution >= 0.6 is 11.6 Å². The molecule has 1 unspecified atom stereocenters. The Balaban J connectivity index is 2.35. The van der Waals surface area contributed by atoms with E-state index < -0.39 is 11.4 Å². The molecule has 4 heteroatoms. The van der Waals surface area contributed by atoms with Crippen molar-refractivity contribution >= 4 is 11.6 Å². The molecule has 0 spiro atoms. The molecular formula is C16H13ClFNO. The summed E-state index contributed by atoms with van der Waals surface area (Å²) in [4.78, 5) is 0. The lowest BCUT2D eigenvalue weighted by atomic mass is 9.88. The quantitative estimate of drug-likeness (QED) is 0.934. The zero-order valence-corrected chi connectivity index (χ0v) is 11.7. The highest BCUT2D eigenvalue weighted by atomic mass is 35.5. The summed E-state index contributed by atoms with van der Waals surface area (Å²) >= 11 is 5.85. The Hall–Kier alpha value is -1.89. The van der Waals surface area contributed by atoms with Crippen LogP contribution in [0.1, 0.15) is 23.6 Å². The molecule has 0 bridgehead atoms. The summed E-state index contributed by atoms with van der Waals surface area (Å²) in [7, 11) is 0. The van der Waals surface area contributed by atoms with Crippen LogP contribution < -0.4 is 0 Å². The molecule has 2 nitrogen and oxygen atoms in total. The maximum absolute atomic E-state index is 13.7. The second-order valence-electron chi connectivity index (χ2n) is 4.88. The van der Waals surface area contributed by atoms with Crippen molar-refractivity contribution in [3.05, 3.63) is 70.0 Å². The lowest BCUT2D eigenvalue weighted by Crippen LogP contribution is -2.25. The van der Waals surface area contributed by atoms with E-state index >= 15 is 0 Å². The van der Waals surface area contributed by atoms with E-state index in [0.29, 0.717) is 21.7 Å². The average molecular weight is 290 g/mol. The first-order valence-electron chi connectivity index (χ1n) is 6.09. The molecule has 1 atom stereocenters. The maximum atomic E-state index is 13.7. The minimum absolute atomic E-state index is 0.0777. The van der Waals surface area contributed by atoms with Crippen LogP contribution in [-0.4, -0.2) is 5.11 Å². The molecule has 0 amide bonds. The molecule has 102 valence electrons. The second-order valence-corrected chi connectivity index (χ2v) is 5.32. The highest BCUT2D eigenvalue weighted by molar-refractivity contribution is 6.30. The fourth-order valence-electron chi connectivity index (χ4n) is 2.08. The van der Waals surface area contributed by atoms with Gasteiger partial charge < -0.3 is 5.11 Å². The number of hydrogen-bond acceptors (Lipinski definition) is 2. The topological polar surface area (TPSA) is 44.0 Å². The van der Waals surface area contributed by atoms with Gasteiger partial charge in [0.25, 0.3) is 0 Å². The number of nitrogens with zero attached hydrogens (tertiary/aromatic N) is 1. The van der Waals surface area contributed by atoms with Crippen LogP contribution in [0.3, 0.4) is 0 Å². The Morgan fingerprint density at radius 3 is 2.75 bits per heavy atom. The van der Waals surface area contributed by atoms with Crippen LogP contribution in [0.4, 0.5) is 4.39 Å². The molecule has 0 saturated carbocycles. The van der Waals surface area contributed by atoms with Crippen LogP contribution in [0.5, 0.6) is 0 Å². The molecule has 0 heterocycles. The lowest BCUT2D eigenvalue weighted by Gasteiger charge is -2.24. The van der Waals surface area contributed by atoms with Crippen molar-refractivity contribution in [3.8, 4) is 6.07 Å². The Morgan fingerprint density at radius 2 is 2.05 bits per heavy atom. The van der Waals surface area contributed by atoms with Crippen LogP contribution in [0.15, 0.2) is 42.5 Å². The van der Waals surface area contributed by atoms with Crippen molar-refractivity contribution in [2.75, 3.05) is 0 Å². The predicted molar refractivity (Wildman–Crippen MR) is 75.8 cm³/mol. The molecule has 1 N–H and O–H groups in total. The van der Waals surface area contributed by atoms with Gasteiger partial charge in [-0.15, -0.1) is 0 Å². The van der Waals surface area contributed by atoms with Gasteiger partial charge in [-0.05, 0) is 48.4 Å². The summed E-state index contributed by atoms with van der Waals surface area (Å²) in [6.07, 6.45) is 0.0777.